The first-order valence-electron chi connectivity index (χ1n) is 8.53. The fourth-order valence-electron chi connectivity index (χ4n) is 3.25. The molecule has 6 nitrogen and oxygen atoms in total. The monoisotopic (exact) mass is 349 g/mol. The Morgan fingerprint density at radius 2 is 2.15 bits per heavy atom. The third-order valence-corrected chi connectivity index (χ3v) is 4.55. The van der Waals surface area contributed by atoms with Gasteiger partial charge in [-0.15, -0.1) is 0 Å². The maximum atomic E-state index is 12.3. The van der Waals surface area contributed by atoms with Crippen molar-refractivity contribution < 1.29 is 14.1 Å². The highest BCUT2D eigenvalue weighted by molar-refractivity contribution is 5.96. The summed E-state index contributed by atoms with van der Waals surface area (Å²) in [6.45, 7) is 3.92. The quantitative estimate of drug-likeness (QED) is 0.783. The molecule has 0 bridgehead atoms. The summed E-state index contributed by atoms with van der Waals surface area (Å²) in [5, 5.41) is 6.73. The van der Waals surface area contributed by atoms with Crippen LogP contribution in [0.15, 0.2) is 47.2 Å². The zero-order valence-electron chi connectivity index (χ0n) is 14.7. The fourth-order valence-corrected chi connectivity index (χ4v) is 3.25. The normalized spacial score (nSPS) is 15.4. The topological polar surface area (TPSA) is 77.3 Å². The molecule has 6 heteroatoms. The summed E-state index contributed by atoms with van der Waals surface area (Å²) < 4.78 is 11.0. The van der Waals surface area contributed by atoms with Crippen LogP contribution in [0.1, 0.15) is 27.4 Å². The lowest BCUT2D eigenvalue weighted by atomic mass is 10.0. The Hall–Kier alpha value is -3.15. The van der Waals surface area contributed by atoms with E-state index >= 15 is 0 Å². The lowest BCUT2D eigenvalue weighted by Gasteiger charge is -2.11. The number of hydrogen-bond donors (Lipinski definition) is 1. The Kier molecular flexibility index (Phi) is 4.16. The van der Waals surface area contributed by atoms with E-state index in [1.807, 2.05) is 30.5 Å². The van der Waals surface area contributed by atoms with Crippen molar-refractivity contribution >= 4 is 5.91 Å². The Morgan fingerprint density at radius 3 is 2.88 bits per heavy atom. The Morgan fingerprint density at radius 1 is 1.27 bits per heavy atom. The molecule has 0 unspecified atom stereocenters. The maximum Gasteiger partial charge on any atom is 0.256 e. The summed E-state index contributed by atoms with van der Waals surface area (Å²) in [5.74, 6) is 1.21. The summed E-state index contributed by atoms with van der Waals surface area (Å²) in [6, 6.07) is 10.1. The minimum atomic E-state index is -0.183. The Labute approximate surface area is 151 Å². The van der Waals surface area contributed by atoms with Crippen molar-refractivity contribution in [3.05, 3.63) is 65.3 Å². The number of pyridine rings is 1. The predicted molar refractivity (Wildman–Crippen MR) is 96.1 cm³/mol. The number of fused-ring (bicyclic) bond motifs is 1. The summed E-state index contributed by atoms with van der Waals surface area (Å²) in [7, 11) is 0. The van der Waals surface area contributed by atoms with Gasteiger partial charge in [0.2, 0.25) is 0 Å². The second kappa shape index (κ2) is 6.63. The number of nitrogens with zero attached hydrogens (tertiary/aromatic N) is 2. The molecule has 0 saturated heterocycles. The molecule has 1 N–H and O–H groups in total. The molecular weight excluding hydrogens is 330 g/mol. The number of ether oxygens (including phenoxy) is 1. The Balaban J connectivity index is 1.42. The highest BCUT2D eigenvalue weighted by Crippen LogP contribution is 2.32. The van der Waals surface area contributed by atoms with Crippen LogP contribution >= 0.6 is 0 Å². The minimum absolute atomic E-state index is 0.0847. The van der Waals surface area contributed by atoms with Gasteiger partial charge in [0, 0.05) is 24.4 Å². The van der Waals surface area contributed by atoms with Crippen LogP contribution in [-0.2, 0) is 6.42 Å². The van der Waals surface area contributed by atoms with Gasteiger partial charge in [-0.25, -0.2) is 0 Å². The van der Waals surface area contributed by atoms with Crippen LogP contribution in [-0.4, -0.2) is 28.7 Å². The van der Waals surface area contributed by atoms with Gasteiger partial charge in [-0.1, -0.05) is 17.3 Å². The molecule has 1 aromatic carbocycles. The zero-order chi connectivity index (χ0) is 18.1. The average Bonchev–Trinajstić information content (AvgIpc) is 3.22. The second-order valence-electron chi connectivity index (χ2n) is 6.42. The summed E-state index contributed by atoms with van der Waals surface area (Å²) in [4.78, 5) is 16.5. The zero-order valence-corrected chi connectivity index (χ0v) is 14.7. The molecule has 0 aliphatic carbocycles. The highest BCUT2D eigenvalue weighted by atomic mass is 16.5. The molecule has 4 rings (SSSR count). The van der Waals surface area contributed by atoms with Crippen molar-refractivity contribution in [3.8, 4) is 16.9 Å². The van der Waals surface area contributed by atoms with Crippen LogP contribution < -0.4 is 10.1 Å². The van der Waals surface area contributed by atoms with Gasteiger partial charge in [0.1, 0.15) is 23.2 Å². The number of aryl methyl sites for hydroxylation is 2. The van der Waals surface area contributed by atoms with E-state index in [-0.39, 0.29) is 12.0 Å². The third-order valence-electron chi connectivity index (χ3n) is 4.55. The fraction of sp³-hybridized carbons (Fsp3) is 0.250. The molecule has 1 aliphatic rings. The van der Waals surface area contributed by atoms with Crippen LogP contribution in [0.4, 0.5) is 0 Å². The first-order valence-corrected chi connectivity index (χ1v) is 8.53. The van der Waals surface area contributed by atoms with E-state index in [0.29, 0.717) is 23.6 Å². The highest BCUT2D eigenvalue weighted by Gasteiger charge is 2.25. The number of carbonyl (C=O) groups is 1. The van der Waals surface area contributed by atoms with Gasteiger partial charge < -0.3 is 14.6 Å². The number of rotatable bonds is 4. The predicted octanol–water partition coefficient (Wildman–Crippen LogP) is 3.09. The van der Waals surface area contributed by atoms with Gasteiger partial charge in [0.25, 0.3) is 5.91 Å². The van der Waals surface area contributed by atoms with Crippen LogP contribution in [0.25, 0.3) is 11.1 Å². The second-order valence-corrected chi connectivity index (χ2v) is 6.42. The van der Waals surface area contributed by atoms with E-state index in [1.165, 1.54) is 0 Å². The number of nitrogens with one attached hydrogen (secondary N) is 1. The molecule has 132 valence electrons. The van der Waals surface area contributed by atoms with Gasteiger partial charge in [0.15, 0.2) is 0 Å². The van der Waals surface area contributed by atoms with E-state index in [9.17, 15) is 4.79 Å². The number of benzene rings is 1. The first kappa shape index (κ1) is 16.3. The molecule has 1 aliphatic heterocycles. The molecule has 3 aromatic rings. The molecule has 26 heavy (non-hydrogen) atoms. The lowest BCUT2D eigenvalue weighted by molar-refractivity contribution is 0.0931. The van der Waals surface area contributed by atoms with Gasteiger partial charge in [0.05, 0.1) is 12.2 Å². The number of carbonyl (C=O) groups excluding carboxylic acids is 1. The van der Waals surface area contributed by atoms with Crippen molar-refractivity contribution in [1.82, 2.24) is 15.5 Å². The van der Waals surface area contributed by atoms with Gasteiger partial charge >= 0.3 is 0 Å². The van der Waals surface area contributed by atoms with Crippen LogP contribution in [0.2, 0.25) is 0 Å². The van der Waals surface area contributed by atoms with E-state index in [4.69, 9.17) is 9.26 Å². The molecular formula is C20H19N3O3. The third kappa shape index (κ3) is 3.06. The van der Waals surface area contributed by atoms with Gasteiger partial charge in [-0.05, 0) is 43.2 Å². The first-order chi connectivity index (χ1) is 12.6. The number of amides is 1. The summed E-state index contributed by atoms with van der Waals surface area (Å²) in [6.07, 6.45) is 4.28. The largest absolute Gasteiger partial charge is 0.488 e. The van der Waals surface area contributed by atoms with E-state index in [0.717, 1.165) is 28.9 Å². The van der Waals surface area contributed by atoms with Crippen molar-refractivity contribution in [3.63, 3.8) is 0 Å². The molecule has 3 heterocycles. The number of hydrogen-bond acceptors (Lipinski definition) is 5. The summed E-state index contributed by atoms with van der Waals surface area (Å²) >= 11 is 0. The van der Waals surface area contributed by atoms with Crippen LogP contribution in [0, 0.1) is 13.8 Å². The smallest absolute Gasteiger partial charge is 0.256 e. The summed E-state index contributed by atoms with van der Waals surface area (Å²) in [5.41, 5.74) is 4.42. The van der Waals surface area contributed by atoms with Gasteiger partial charge in [-0.2, -0.15) is 0 Å². The molecule has 0 radical (unpaired) electrons. The standard InChI is InChI=1S/C20H19N3O3/c1-12-19(13(2)26-23-12)20(24)22-11-17-9-16-8-14(5-6-18(16)25-17)15-4-3-7-21-10-15/h3-8,10,17H,9,11H2,1-2H3,(H,22,24)/t17-/m0/s1. The SMILES string of the molecule is Cc1noc(C)c1C(=O)NC[C@@H]1Cc2cc(-c3cccnc3)ccc2O1. The number of aromatic nitrogens is 2. The van der Waals surface area contributed by atoms with E-state index in [2.05, 4.69) is 21.5 Å². The van der Waals surface area contributed by atoms with E-state index < -0.39 is 0 Å². The molecule has 0 fully saturated rings. The molecule has 1 amide bonds. The van der Waals surface area contributed by atoms with E-state index in [1.54, 1.807) is 20.0 Å². The Bertz CT molecular complexity index is 931. The minimum Gasteiger partial charge on any atom is -0.488 e. The molecule has 2 aromatic heterocycles. The van der Waals surface area contributed by atoms with Crippen molar-refractivity contribution in [2.45, 2.75) is 26.4 Å². The molecule has 0 saturated carbocycles. The maximum absolute atomic E-state index is 12.3. The van der Waals surface area contributed by atoms with Crippen molar-refractivity contribution in [2.75, 3.05) is 6.54 Å². The van der Waals surface area contributed by atoms with Gasteiger partial charge in [-0.3, -0.25) is 9.78 Å². The van der Waals surface area contributed by atoms with Crippen molar-refractivity contribution in [1.29, 1.82) is 0 Å². The molecule has 1 atom stereocenters. The average molecular weight is 349 g/mol. The van der Waals surface area contributed by atoms with Crippen LogP contribution in [0.3, 0.4) is 0 Å². The lowest BCUT2D eigenvalue weighted by Crippen LogP contribution is -2.34. The van der Waals surface area contributed by atoms with Crippen LogP contribution in [0.5, 0.6) is 5.75 Å². The molecule has 0 spiro atoms. The van der Waals surface area contributed by atoms with Crippen molar-refractivity contribution in [2.24, 2.45) is 0 Å².